The Balaban J connectivity index is 1.38. The number of nitrogens with one attached hydrogen (secondary N) is 2. The van der Waals surface area contributed by atoms with Crippen LogP contribution in [0.3, 0.4) is 0 Å². The van der Waals surface area contributed by atoms with Gasteiger partial charge in [0, 0.05) is 19.5 Å². The molecule has 1 spiro atoms. The fourth-order valence-corrected chi connectivity index (χ4v) is 3.40. The van der Waals surface area contributed by atoms with Gasteiger partial charge in [-0.25, -0.2) is 4.68 Å². The molecule has 2 N–H and O–H groups in total. The molecule has 0 aliphatic carbocycles. The second kappa shape index (κ2) is 6.15. The van der Waals surface area contributed by atoms with E-state index in [1.165, 1.54) is 11.0 Å². The van der Waals surface area contributed by atoms with Gasteiger partial charge in [0.15, 0.2) is 0 Å². The summed E-state index contributed by atoms with van der Waals surface area (Å²) in [6.45, 7) is 1.56. The van der Waals surface area contributed by atoms with Crippen LogP contribution in [0.25, 0.3) is 0 Å². The number of para-hydroxylation sites is 2. The summed E-state index contributed by atoms with van der Waals surface area (Å²) < 4.78 is 1.54. The summed E-state index contributed by atoms with van der Waals surface area (Å²) >= 11 is 0. The number of amides is 2. The van der Waals surface area contributed by atoms with Crippen molar-refractivity contribution < 1.29 is 9.59 Å². The van der Waals surface area contributed by atoms with Crippen LogP contribution in [0.1, 0.15) is 19.3 Å². The molecule has 0 saturated carbocycles. The van der Waals surface area contributed by atoms with E-state index < -0.39 is 5.54 Å². The monoisotopic (exact) mass is 341 g/mol. The lowest BCUT2D eigenvalue weighted by Crippen LogP contribution is -2.59. The van der Waals surface area contributed by atoms with Gasteiger partial charge in [0.05, 0.1) is 17.9 Å². The molecule has 9 nitrogen and oxygen atoms in total. The third-order valence-electron chi connectivity index (χ3n) is 4.90. The Kier molecular flexibility index (Phi) is 3.83. The van der Waals surface area contributed by atoms with E-state index in [4.69, 9.17) is 0 Å². The number of hydrogen-bond donors (Lipinski definition) is 2. The van der Waals surface area contributed by atoms with Crippen molar-refractivity contribution in [3.8, 4) is 0 Å². The lowest BCUT2D eigenvalue weighted by molar-refractivity contribution is -0.135. The van der Waals surface area contributed by atoms with Gasteiger partial charge in [-0.2, -0.15) is 0 Å². The molecule has 3 heterocycles. The molecule has 2 aliphatic rings. The molecule has 2 aromatic rings. The molecule has 9 heteroatoms. The molecule has 1 aromatic heterocycles. The normalized spacial score (nSPS) is 18.4. The van der Waals surface area contributed by atoms with Crippen molar-refractivity contribution in [2.45, 2.75) is 31.3 Å². The molecule has 0 radical (unpaired) electrons. The maximum atomic E-state index is 12.6. The second-order valence-corrected chi connectivity index (χ2v) is 6.41. The van der Waals surface area contributed by atoms with E-state index >= 15 is 0 Å². The molecule has 130 valence electrons. The number of nitrogens with zero attached hydrogens (tertiary/aromatic N) is 5. The standard InChI is InChI=1S/C16H19N7O2/c24-14(5-8-23-11-17-20-21-23)22-9-6-16(7-10-22)15(25)18-12-3-1-2-4-13(12)19-16/h1-4,11,19H,5-10H2,(H,18,25). The van der Waals surface area contributed by atoms with Gasteiger partial charge in [0.2, 0.25) is 11.8 Å². The van der Waals surface area contributed by atoms with E-state index in [-0.39, 0.29) is 11.8 Å². The quantitative estimate of drug-likeness (QED) is 0.842. The first-order chi connectivity index (χ1) is 12.2. The summed E-state index contributed by atoms with van der Waals surface area (Å²) in [5.74, 6) is 0.0361. The van der Waals surface area contributed by atoms with Crippen LogP contribution in [-0.4, -0.2) is 55.5 Å². The van der Waals surface area contributed by atoms with Gasteiger partial charge >= 0.3 is 0 Å². The van der Waals surface area contributed by atoms with E-state index in [1.54, 1.807) is 0 Å². The van der Waals surface area contributed by atoms with Gasteiger partial charge < -0.3 is 15.5 Å². The Labute approximate surface area is 144 Å². The van der Waals surface area contributed by atoms with Crippen LogP contribution < -0.4 is 10.6 Å². The molecule has 0 unspecified atom stereocenters. The molecule has 1 aromatic carbocycles. The Hall–Kier alpha value is -2.97. The van der Waals surface area contributed by atoms with E-state index in [0.29, 0.717) is 38.9 Å². The minimum atomic E-state index is -0.638. The third kappa shape index (κ3) is 2.92. The van der Waals surface area contributed by atoms with Crippen LogP contribution in [0.4, 0.5) is 11.4 Å². The number of hydrogen-bond acceptors (Lipinski definition) is 6. The number of aromatic nitrogens is 4. The van der Waals surface area contributed by atoms with Gasteiger partial charge in [0.1, 0.15) is 11.9 Å². The second-order valence-electron chi connectivity index (χ2n) is 6.41. The SMILES string of the molecule is O=C(CCn1cnnn1)N1CCC2(CC1)Nc1ccccc1NC2=O. The van der Waals surface area contributed by atoms with Crippen LogP contribution >= 0.6 is 0 Å². The van der Waals surface area contributed by atoms with Crippen molar-refractivity contribution in [1.82, 2.24) is 25.1 Å². The number of carbonyl (C=O) groups is 2. The lowest BCUT2D eigenvalue weighted by Gasteiger charge is -2.44. The van der Waals surface area contributed by atoms with Crippen LogP contribution in [0.2, 0.25) is 0 Å². The molecular formula is C16H19N7O2. The number of rotatable bonds is 3. The van der Waals surface area contributed by atoms with E-state index in [1.807, 2.05) is 29.2 Å². The fraction of sp³-hybridized carbons (Fsp3) is 0.438. The molecule has 25 heavy (non-hydrogen) atoms. The molecule has 0 atom stereocenters. The van der Waals surface area contributed by atoms with Crippen LogP contribution in [0.15, 0.2) is 30.6 Å². The van der Waals surface area contributed by atoms with Crippen molar-refractivity contribution in [2.24, 2.45) is 0 Å². The number of tetrazole rings is 1. The highest BCUT2D eigenvalue weighted by Gasteiger charge is 2.44. The maximum absolute atomic E-state index is 12.6. The number of anilines is 2. The summed E-state index contributed by atoms with van der Waals surface area (Å²) in [4.78, 5) is 26.8. The highest BCUT2D eigenvalue weighted by atomic mass is 16.2. The summed E-state index contributed by atoms with van der Waals surface area (Å²) in [5.41, 5.74) is 1.10. The van der Waals surface area contributed by atoms with Crippen molar-refractivity contribution in [3.05, 3.63) is 30.6 Å². The minimum Gasteiger partial charge on any atom is -0.369 e. The van der Waals surface area contributed by atoms with Gasteiger partial charge in [-0.05, 0) is 35.4 Å². The largest absolute Gasteiger partial charge is 0.369 e. The number of aryl methyl sites for hydroxylation is 1. The summed E-state index contributed by atoms with van der Waals surface area (Å²) in [5, 5.41) is 17.2. The Morgan fingerprint density at radius 2 is 1.96 bits per heavy atom. The van der Waals surface area contributed by atoms with Crippen LogP contribution in [-0.2, 0) is 16.1 Å². The predicted molar refractivity (Wildman–Crippen MR) is 89.7 cm³/mol. The van der Waals surface area contributed by atoms with Crippen molar-refractivity contribution in [1.29, 1.82) is 0 Å². The summed E-state index contributed by atoms with van der Waals surface area (Å²) in [6, 6.07) is 7.67. The maximum Gasteiger partial charge on any atom is 0.250 e. The number of carbonyl (C=O) groups excluding carboxylic acids is 2. The zero-order chi connectivity index (χ0) is 17.3. The van der Waals surface area contributed by atoms with Crippen molar-refractivity contribution >= 4 is 23.2 Å². The lowest BCUT2D eigenvalue weighted by atomic mass is 9.84. The summed E-state index contributed by atoms with van der Waals surface area (Å²) in [6.07, 6.45) is 3.01. The molecule has 4 rings (SSSR count). The van der Waals surface area contributed by atoms with Crippen LogP contribution in [0.5, 0.6) is 0 Å². The van der Waals surface area contributed by atoms with Gasteiger partial charge in [-0.1, -0.05) is 12.1 Å². The first-order valence-corrected chi connectivity index (χ1v) is 8.33. The predicted octanol–water partition coefficient (Wildman–Crippen LogP) is 0.489. The zero-order valence-corrected chi connectivity index (χ0v) is 13.7. The molecule has 1 fully saturated rings. The Bertz CT molecular complexity index is 782. The van der Waals surface area contributed by atoms with Gasteiger partial charge in [-0.3, -0.25) is 9.59 Å². The van der Waals surface area contributed by atoms with Gasteiger partial charge in [-0.15, -0.1) is 5.10 Å². The molecule has 1 saturated heterocycles. The topological polar surface area (TPSA) is 105 Å². The zero-order valence-electron chi connectivity index (χ0n) is 13.7. The Morgan fingerprint density at radius 1 is 1.20 bits per heavy atom. The van der Waals surface area contributed by atoms with E-state index in [9.17, 15) is 9.59 Å². The van der Waals surface area contributed by atoms with Crippen molar-refractivity contribution in [2.75, 3.05) is 23.7 Å². The highest BCUT2D eigenvalue weighted by molar-refractivity contribution is 6.06. The van der Waals surface area contributed by atoms with Crippen molar-refractivity contribution in [3.63, 3.8) is 0 Å². The summed E-state index contributed by atoms with van der Waals surface area (Å²) in [7, 11) is 0. The van der Waals surface area contributed by atoms with Gasteiger partial charge in [0.25, 0.3) is 0 Å². The number of fused-ring (bicyclic) bond motifs is 1. The van der Waals surface area contributed by atoms with E-state index in [2.05, 4.69) is 26.2 Å². The molecule has 2 amide bonds. The highest BCUT2D eigenvalue weighted by Crippen LogP contribution is 2.36. The third-order valence-corrected chi connectivity index (χ3v) is 4.90. The first-order valence-electron chi connectivity index (χ1n) is 8.33. The average Bonchev–Trinajstić information content (AvgIpc) is 3.15. The number of likely N-dealkylation sites (tertiary alicyclic amines) is 1. The first kappa shape index (κ1) is 15.6. The number of piperidine rings is 1. The number of benzene rings is 1. The molecule has 2 aliphatic heterocycles. The average molecular weight is 341 g/mol. The smallest absolute Gasteiger partial charge is 0.250 e. The molecular weight excluding hydrogens is 322 g/mol. The van der Waals surface area contributed by atoms with Crippen LogP contribution in [0, 0.1) is 0 Å². The minimum absolute atomic E-state index is 0.0213. The van der Waals surface area contributed by atoms with E-state index in [0.717, 1.165) is 11.4 Å². The molecule has 0 bridgehead atoms. The Morgan fingerprint density at radius 3 is 2.68 bits per heavy atom. The fourth-order valence-electron chi connectivity index (χ4n) is 3.40.